The van der Waals surface area contributed by atoms with Crippen LogP contribution in [0.25, 0.3) is 0 Å². The molecule has 2 atom stereocenters. The summed E-state index contributed by atoms with van der Waals surface area (Å²) in [6, 6.07) is 3.69. The number of nitrogens with two attached hydrogens (primary N) is 1. The van der Waals surface area contributed by atoms with Crippen molar-refractivity contribution in [1.29, 1.82) is 0 Å². The molecular formula is C29H45NO8. The molecule has 0 bridgehead atoms. The van der Waals surface area contributed by atoms with Gasteiger partial charge in [0.1, 0.15) is 18.8 Å². The van der Waals surface area contributed by atoms with E-state index in [0.29, 0.717) is 12.0 Å². The van der Waals surface area contributed by atoms with Gasteiger partial charge in [-0.1, -0.05) is 61.0 Å². The van der Waals surface area contributed by atoms with Crippen LogP contribution in [0.4, 0.5) is 0 Å². The molecule has 0 aliphatic heterocycles. The van der Waals surface area contributed by atoms with Crippen molar-refractivity contribution in [2.45, 2.75) is 106 Å². The first-order valence-corrected chi connectivity index (χ1v) is 13.1. The van der Waals surface area contributed by atoms with Gasteiger partial charge in [0.05, 0.1) is 12.8 Å². The molecule has 9 nitrogen and oxygen atoms in total. The van der Waals surface area contributed by atoms with Gasteiger partial charge in [-0.2, -0.15) is 0 Å². The highest BCUT2D eigenvalue weighted by molar-refractivity contribution is 5.78. The first-order valence-electron chi connectivity index (χ1n) is 13.1. The third-order valence-corrected chi connectivity index (χ3v) is 5.09. The Morgan fingerprint density at radius 1 is 0.868 bits per heavy atom. The van der Waals surface area contributed by atoms with Crippen molar-refractivity contribution in [3.63, 3.8) is 0 Å². The van der Waals surface area contributed by atoms with Crippen molar-refractivity contribution in [2.24, 2.45) is 16.6 Å². The van der Waals surface area contributed by atoms with E-state index in [0.717, 1.165) is 12.8 Å². The van der Waals surface area contributed by atoms with Crippen LogP contribution in [0.5, 0.6) is 11.5 Å². The third kappa shape index (κ3) is 14.1. The van der Waals surface area contributed by atoms with E-state index in [2.05, 4.69) is 0 Å². The lowest BCUT2D eigenvalue weighted by Crippen LogP contribution is -2.36. The van der Waals surface area contributed by atoms with E-state index in [9.17, 15) is 19.2 Å². The molecule has 0 aromatic heterocycles. The van der Waals surface area contributed by atoms with Crippen LogP contribution < -0.4 is 15.2 Å². The molecule has 0 heterocycles. The summed E-state index contributed by atoms with van der Waals surface area (Å²) in [7, 11) is 0. The summed E-state index contributed by atoms with van der Waals surface area (Å²) in [6.07, 6.45) is 1.75. The van der Waals surface area contributed by atoms with Crippen molar-refractivity contribution >= 4 is 23.9 Å². The monoisotopic (exact) mass is 535 g/mol. The van der Waals surface area contributed by atoms with Gasteiger partial charge in [0, 0.05) is 6.42 Å². The van der Waals surface area contributed by atoms with Crippen molar-refractivity contribution in [1.82, 2.24) is 0 Å². The number of rotatable bonds is 13. The third-order valence-electron chi connectivity index (χ3n) is 5.09. The van der Waals surface area contributed by atoms with Gasteiger partial charge in [0.15, 0.2) is 11.5 Å². The van der Waals surface area contributed by atoms with Crippen LogP contribution in [0.2, 0.25) is 0 Å². The van der Waals surface area contributed by atoms with E-state index in [-0.39, 0.29) is 54.2 Å². The van der Waals surface area contributed by atoms with Gasteiger partial charge in [-0.05, 0) is 48.3 Å². The number of carbonyl (C=O) groups is 4. The molecule has 1 rings (SSSR count). The second kappa shape index (κ2) is 14.9. The standard InChI is InChI=1S/C29H45NO8/c1-9-10-11-24(31)36-19(2)18-35-27(34)21(30)14-20-12-13-22(37-25(32)16-28(3,4)5)23(15-20)38-26(33)17-29(6,7)8/h12-13,15,19,21H,9-11,14,16-18,30H2,1-8H3/t19-,21-/m0/s1. The molecule has 38 heavy (non-hydrogen) atoms. The average Bonchev–Trinajstić information content (AvgIpc) is 2.75. The highest BCUT2D eigenvalue weighted by atomic mass is 16.6. The minimum absolute atomic E-state index is 0.0761. The lowest BCUT2D eigenvalue weighted by Gasteiger charge is -2.20. The van der Waals surface area contributed by atoms with E-state index >= 15 is 0 Å². The Kier molecular flexibility index (Phi) is 12.9. The van der Waals surface area contributed by atoms with Crippen LogP contribution in [-0.4, -0.2) is 42.6 Å². The molecule has 0 aliphatic rings. The maximum absolute atomic E-state index is 12.5. The maximum atomic E-state index is 12.5. The summed E-state index contributed by atoms with van der Waals surface area (Å²) in [6.45, 7) is 15.0. The number of unbranched alkanes of at least 4 members (excludes halogenated alkanes) is 1. The largest absolute Gasteiger partial charge is 0.461 e. The molecule has 1 aromatic rings. The van der Waals surface area contributed by atoms with Gasteiger partial charge in [0.2, 0.25) is 0 Å². The van der Waals surface area contributed by atoms with Crippen LogP contribution >= 0.6 is 0 Å². The Morgan fingerprint density at radius 3 is 1.95 bits per heavy atom. The lowest BCUT2D eigenvalue weighted by atomic mass is 9.92. The Balaban J connectivity index is 2.90. The molecule has 1 aromatic carbocycles. The normalized spacial score (nSPS) is 13.3. The summed E-state index contributed by atoms with van der Waals surface area (Å²) in [5.74, 6) is -1.74. The van der Waals surface area contributed by atoms with Crippen molar-refractivity contribution in [3.05, 3.63) is 23.8 Å². The van der Waals surface area contributed by atoms with Crippen LogP contribution in [0.15, 0.2) is 18.2 Å². The van der Waals surface area contributed by atoms with Crippen LogP contribution in [0.3, 0.4) is 0 Å². The summed E-state index contributed by atoms with van der Waals surface area (Å²) < 4.78 is 21.5. The number of benzene rings is 1. The lowest BCUT2D eigenvalue weighted by molar-refractivity contribution is -0.158. The van der Waals surface area contributed by atoms with Gasteiger partial charge in [0.25, 0.3) is 0 Å². The summed E-state index contributed by atoms with van der Waals surface area (Å²) in [4.78, 5) is 49.1. The zero-order valence-electron chi connectivity index (χ0n) is 24.2. The maximum Gasteiger partial charge on any atom is 0.323 e. The number of carbonyl (C=O) groups excluding carboxylic acids is 4. The quantitative estimate of drug-likeness (QED) is 0.276. The molecule has 0 saturated carbocycles. The highest BCUT2D eigenvalue weighted by Crippen LogP contribution is 2.32. The van der Waals surface area contributed by atoms with Gasteiger partial charge in [-0.25, -0.2) is 0 Å². The molecule has 9 heteroatoms. The van der Waals surface area contributed by atoms with Gasteiger partial charge in [-0.15, -0.1) is 0 Å². The second-order valence-electron chi connectivity index (χ2n) is 12.0. The average molecular weight is 536 g/mol. The van der Waals surface area contributed by atoms with Gasteiger partial charge in [-0.3, -0.25) is 19.2 Å². The molecule has 0 aliphatic carbocycles. The molecule has 0 saturated heterocycles. The fourth-order valence-corrected chi connectivity index (χ4v) is 3.31. The molecule has 214 valence electrons. The number of esters is 4. The Bertz CT molecular complexity index is 958. The molecule has 0 spiro atoms. The highest BCUT2D eigenvalue weighted by Gasteiger charge is 2.24. The zero-order valence-corrected chi connectivity index (χ0v) is 24.2. The van der Waals surface area contributed by atoms with Crippen LogP contribution in [0.1, 0.15) is 93.1 Å². The summed E-state index contributed by atoms with van der Waals surface area (Å²) >= 11 is 0. The Labute approximate surface area is 226 Å². The molecule has 0 fully saturated rings. The van der Waals surface area contributed by atoms with Gasteiger partial charge >= 0.3 is 23.9 Å². The van der Waals surface area contributed by atoms with E-state index in [4.69, 9.17) is 24.7 Å². The van der Waals surface area contributed by atoms with E-state index in [1.54, 1.807) is 13.0 Å². The van der Waals surface area contributed by atoms with Crippen LogP contribution in [0, 0.1) is 10.8 Å². The topological polar surface area (TPSA) is 131 Å². The predicted molar refractivity (Wildman–Crippen MR) is 144 cm³/mol. The number of hydrogen-bond donors (Lipinski definition) is 1. The molecule has 2 N–H and O–H groups in total. The first-order chi connectivity index (χ1) is 17.5. The number of ether oxygens (including phenoxy) is 4. The second-order valence-corrected chi connectivity index (χ2v) is 12.0. The Hall–Kier alpha value is -2.94. The van der Waals surface area contributed by atoms with Crippen molar-refractivity contribution in [3.8, 4) is 11.5 Å². The SMILES string of the molecule is CCCCC(=O)O[C@@H](C)COC(=O)[C@@H](N)Cc1ccc(OC(=O)CC(C)(C)C)c(OC(=O)CC(C)(C)C)c1. The smallest absolute Gasteiger partial charge is 0.323 e. The van der Waals surface area contributed by atoms with E-state index < -0.39 is 30.1 Å². The zero-order chi connectivity index (χ0) is 29.1. The molecule has 0 unspecified atom stereocenters. The predicted octanol–water partition coefficient (Wildman–Crippen LogP) is 4.90. The van der Waals surface area contributed by atoms with Crippen molar-refractivity contribution < 1.29 is 38.1 Å². The fourth-order valence-electron chi connectivity index (χ4n) is 3.31. The van der Waals surface area contributed by atoms with Gasteiger partial charge < -0.3 is 24.7 Å². The summed E-state index contributed by atoms with van der Waals surface area (Å²) in [5, 5.41) is 0. The Morgan fingerprint density at radius 2 is 1.42 bits per heavy atom. The van der Waals surface area contributed by atoms with E-state index in [1.165, 1.54) is 12.1 Å². The number of hydrogen-bond acceptors (Lipinski definition) is 9. The molecule has 0 radical (unpaired) electrons. The van der Waals surface area contributed by atoms with Crippen molar-refractivity contribution in [2.75, 3.05) is 6.61 Å². The summed E-state index contributed by atoms with van der Waals surface area (Å²) in [5.41, 5.74) is 6.06. The minimum atomic E-state index is -1.01. The fraction of sp³-hybridized carbons (Fsp3) is 0.655. The first kappa shape index (κ1) is 33.1. The molecule has 0 amide bonds. The van der Waals surface area contributed by atoms with Crippen LogP contribution in [-0.2, 0) is 35.1 Å². The minimum Gasteiger partial charge on any atom is -0.461 e. The van der Waals surface area contributed by atoms with E-state index in [1.807, 2.05) is 48.5 Å². The molecular weight excluding hydrogens is 490 g/mol.